The summed E-state index contributed by atoms with van der Waals surface area (Å²) < 4.78 is 12.1. The minimum absolute atomic E-state index is 0.214. The van der Waals surface area contributed by atoms with Gasteiger partial charge in [0.2, 0.25) is 0 Å². The number of carbonyl (C=O) groups excluding carboxylic acids is 2. The second-order valence-corrected chi connectivity index (χ2v) is 14.0. The molecule has 14 nitrogen and oxygen atoms in total. The van der Waals surface area contributed by atoms with Crippen LogP contribution in [-0.4, -0.2) is 90.8 Å². The monoisotopic (exact) mass is 782 g/mol. The van der Waals surface area contributed by atoms with Crippen LogP contribution in [0.15, 0.2) is 98.1 Å². The maximum Gasteiger partial charge on any atom is 0.182 e. The van der Waals surface area contributed by atoms with Gasteiger partial charge in [-0.3, -0.25) is 9.59 Å². The molecule has 0 spiro atoms. The Morgan fingerprint density at radius 2 is 1.26 bits per heavy atom. The first-order valence-corrected chi connectivity index (χ1v) is 19.1. The summed E-state index contributed by atoms with van der Waals surface area (Å²) >= 11 is 5.68. The van der Waals surface area contributed by atoms with Crippen LogP contribution in [0.25, 0.3) is 43.9 Å². The Balaban J connectivity index is 0.000000134. The lowest BCUT2D eigenvalue weighted by molar-refractivity contribution is 0.111. The molecule has 2 atom stereocenters. The van der Waals surface area contributed by atoms with Crippen molar-refractivity contribution in [3.63, 3.8) is 0 Å². The number of carbonyl (C=O) groups is 2. The summed E-state index contributed by atoms with van der Waals surface area (Å²) in [5.41, 5.74) is 4.20. The fourth-order valence-electron chi connectivity index (χ4n) is 7.32. The van der Waals surface area contributed by atoms with Crippen LogP contribution in [0.5, 0.6) is 11.5 Å². The number of anilines is 1. The molecule has 3 N–H and O–H groups in total. The van der Waals surface area contributed by atoms with Crippen LogP contribution >= 0.6 is 11.6 Å². The molecule has 8 aromatic rings. The van der Waals surface area contributed by atoms with Crippen molar-refractivity contribution in [2.24, 2.45) is 0 Å². The third-order valence-corrected chi connectivity index (χ3v) is 10.4. The molecule has 15 heteroatoms. The van der Waals surface area contributed by atoms with Crippen LogP contribution in [0.2, 0.25) is 5.15 Å². The molecule has 6 heterocycles. The van der Waals surface area contributed by atoms with Crippen LogP contribution in [0.4, 0.5) is 5.82 Å². The molecule has 2 saturated heterocycles. The number of rotatable bonds is 9. The number of halogens is 1. The number of fused-ring (bicyclic) bond motifs is 4. The molecule has 2 aliphatic heterocycles. The van der Waals surface area contributed by atoms with Gasteiger partial charge in [-0.25, -0.2) is 29.9 Å². The van der Waals surface area contributed by atoms with E-state index in [1.165, 1.54) is 25.5 Å². The lowest BCUT2D eigenvalue weighted by atomic mass is 10.0. The van der Waals surface area contributed by atoms with Gasteiger partial charge in [-0.2, -0.15) is 0 Å². The predicted octanol–water partition coefficient (Wildman–Crippen LogP) is 7.16. The van der Waals surface area contributed by atoms with Gasteiger partial charge in [-0.15, -0.1) is 0 Å². The number of aromatic nitrogens is 8. The maximum absolute atomic E-state index is 11.3. The number of aromatic amines is 2. The molecule has 2 fully saturated rings. The lowest BCUT2D eigenvalue weighted by Crippen LogP contribution is -2.35. The van der Waals surface area contributed by atoms with Gasteiger partial charge in [0.15, 0.2) is 34.8 Å². The second-order valence-electron chi connectivity index (χ2n) is 13.6. The van der Waals surface area contributed by atoms with Gasteiger partial charge in [0, 0.05) is 34.5 Å². The number of benzene rings is 4. The number of hydrogen-bond acceptors (Lipinski definition) is 12. The topological polar surface area (TPSA) is 177 Å². The quantitative estimate of drug-likeness (QED) is 0.0997. The summed E-state index contributed by atoms with van der Waals surface area (Å²) in [6.45, 7) is 3.23. The van der Waals surface area contributed by atoms with E-state index in [2.05, 4.69) is 50.1 Å². The van der Waals surface area contributed by atoms with Crippen LogP contribution in [0.3, 0.4) is 0 Å². The fraction of sp³-hybridized carbons (Fsp3) is 0.238. The minimum Gasteiger partial charge on any atom is -0.491 e. The van der Waals surface area contributed by atoms with Crippen molar-refractivity contribution in [3.05, 3.63) is 114 Å². The molecular formula is C42H39ClN10O4. The Labute approximate surface area is 332 Å². The summed E-state index contributed by atoms with van der Waals surface area (Å²) in [5, 5.41) is 7.64. The van der Waals surface area contributed by atoms with Crippen LogP contribution in [0, 0.1) is 0 Å². The van der Waals surface area contributed by atoms with E-state index in [-0.39, 0.29) is 6.04 Å². The molecule has 0 unspecified atom stereocenters. The number of hydrogen-bond donors (Lipinski definition) is 3. The van der Waals surface area contributed by atoms with E-state index < -0.39 is 0 Å². The molecule has 0 aliphatic carbocycles. The molecule has 0 saturated carbocycles. The Morgan fingerprint density at radius 1 is 0.667 bits per heavy atom. The van der Waals surface area contributed by atoms with Gasteiger partial charge < -0.3 is 29.7 Å². The van der Waals surface area contributed by atoms with Gasteiger partial charge in [0.05, 0.1) is 18.7 Å². The highest BCUT2D eigenvalue weighted by atomic mass is 35.5. The molecule has 0 bridgehead atoms. The van der Waals surface area contributed by atoms with E-state index >= 15 is 0 Å². The standard InChI is InChI=1S/C21H19N5O2.C16H17NO2.C5H3ClN4/c27-10-14-7-8-18(17-6-2-1-5-16(14)17)28-11-15-4-3-9-26(15)21-19-20(23-12-22-19)24-13-25-21;18-10-12-7-8-16(15-6-2-1-5-14(12)15)19-11-13-4-3-9-17-13;6-4-3-5(9-1-7-3)10-2-8-4/h1-2,5-8,10,12-13,15H,3-4,9,11H2,(H,22,23,24,25);1-2,5-8,10,13,17H,3-4,9,11H2;1-2H,(H,7,8,9,10)/t15-;13-;/m11./s1. The minimum atomic E-state index is 0.214. The number of aldehydes is 2. The SMILES string of the molecule is Clc1ncnc2nc[nH]c12.O=Cc1ccc(OC[C@H]2CCCN2)c2ccccc12.O=Cc1ccc(OC[C@H]2CCCN2c2ncnc3nc[nH]c23)c2ccccc12. The first-order chi connectivity index (χ1) is 28.1. The number of H-pyrrole nitrogens is 2. The first-order valence-electron chi connectivity index (χ1n) is 18.7. The average Bonchev–Trinajstić information content (AvgIpc) is 4.11. The van der Waals surface area contributed by atoms with Gasteiger partial charge in [0.1, 0.15) is 48.4 Å². The summed E-state index contributed by atoms with van der Waals surface area (Å²) in [6, 6.07) is 23.8. The number of nitrogens with one attached hydrogen (secondary N) is 3. The third kappa shape index (κ3) is 8.23. The molecule has 2 aliphatic rings. The van der Waals surface area contributed by atoms with E-state index in [0.717, 1.165) is 82.9 Å². The summed E-state index contributed by atoms with van der Waals surface area (Å²) in [5.74, 6) is 2.52. The van der Waals surface area contributed by atoms with Crippen LogP contribution < -0.4 is 19.7 Å². The highest BCUT2D eigenvalue weighted by Crippen LogP contribution is 2.32. The highest BCUT2D eigenvalue weighted by molar-refractivity contribution is 6.33. The fourth-order valence-corrected chi connectivity index (χ4v) is 7.50. The van der Waals surface area contributed by atoms with Gasteiger partial charge >= 0.3 is 0 Å². The van der Waals surface area contributed by atoms with Crippen molar-refractivity contribution in [1.29, 1.82) is 0 Å². The van der Waals surface area contributed by atoms with E-state index in [1.54, 1.807) is 12.7 Å². The molecule has 4 aromatic carbocycles. The molecule has 0 radical (unpaired) electrons. The zero-order valence-corrected chi connectivity index (χ0v) is 31.6. The maximum atomic E-state index is 11.3. The van der Waals surface area contributed by atoms with E-state index in [9.17, 15) is 9.59 Å². The first kappa shape index (κ1) is 37.4. The lowest BCUT2D eigenvalue weighted by Gasteiger charge is -2.26. The molecule has 57 heavy (non-hydrogen) atoms. The van der Waals surface area contributed by atoms with Crippen molar-refractivity contribution >= 4 is 73.9 Å². The highest BCUT2D eigenvalue weighted by Gasteiger charge is 2.28. The Morgan fingerprint density at radius 3 is 1.88 bits per heavy atom. The van der Waals surface area contributed by atoms with Crippen molar-refractivity contribution in [2.75, 3.05) is 31.2 Å². The Kier molecular flexibility index (Phi) is 11.5. The van der Waals surface area contributed by atoms with Gasteiger partial charge in [-0.1, -0.05) is 60.1 Å². The normalized spacial score (nSPS) is 16.3. The van der Waals surface area contributed by atoms with Crippen molar-refractivity contribution in [3.8, 4) is 11.5 Å². The smallest absolute Gasteiger partial charge is 0.182 e. The van der Waals surface area contributed by atoms with E-state index in [1.807, 2.05) is 72.8 Å². The zero-order chi connectivity index (χ0) is 39.0. The summed E-state index contributed by atoms with van der Waals surface area (Å²) in [6.07, 6.45) is 12.4. The van der Waals surface area contributed by atoms with Crippen LogP contribution in [-0.2, 0) is 0 Å². The average molecular weight is 783 g/mol. The van der Waals surface area contributed by atoms with Crippen molar-refractivity contribution in [1.82, 2.24) is 45.2 Å². The summed E-state index contributed by atoms with van der Waals surface area (Å²) in [4.78, 5) is 55.0. The van der Waals surface area contributed by atoms with E-state index in [0.29, 0.717) is 52.3 Å². The van der Waals surface area contributed by atoms with Gasteiger partial charge in [0.25, 0.3) is 0 Å². The molecule has 10 rings (SSSR count). The van der Waals surface area contributed by atoms with Gasteiger partial charge in [-0.05, 0) is 67.3 Å². The van der Waals surface area contributed by atoms with E-state index in [4.69, 9.17) is 21.1 Å². The predicted molar refractivity (Wildman–Crippen MR) is 219 cm³/mol. The molecule has 0 amide bonds. The number of imidazole rings is 2. The zero-order valence-electron chi connectivity index (χ0n) is 30.8. The number of ether oxygens (including phenoxy) is 2. The second kappa shape index (κ2) is 17.5. The van der Waals surface area contributed by atoms with Crippen LogP contribution in [0.1, 0.15) is 46.4 Å². The molecule has 4 aromatic heterocycles. The molecule has 288 valence electrons. The van der Waals surface area contributed by atoms with Crippen molar-refractivity contribution in [2.45, 2.75) is 37.8 Å². The Hall–Kier alpha value is -6.51. The summed E-state index contributed by atoms with van der Waals surface area (Å²) in [7, 11) is 0. The molecular weight excluding hydrogens is 744 g/mol. The Bertz CT molecular complexity index is 2640. The largest absolute Gasteiger partial charge is 0.491 e. The third-order valence-electron chi connectivity index (χ3n) is 10.2. The number of nitrogens with zero attached hydrogens (tertiary/aromatic N) is 7. The van der Waals surface area contributed by atoms with Crippen molar-refractivity contribution < 1.29 is 19.1 Å².